The highest BCUT2D eigenvalue weighted by Crippen LogP contribution is 2.24. The van der Waals surface area contributed by atoms with Crippen molar-refractivity contribution in [3.05, 3.63) is 23.9 Å². The Morgan fingerprint density at radius 3 is 3.07 bits per heavy atom. The Hall–Kier alpha value is -0.410. The van der Waals surface area contributed by atoms with E-state index in [2.05, 4.69) is 11.9 Å². The van der Waals surface area contributed by atoms with Gasteiger partial charge in [0.05, 0.1) is 7.11 Å². The zero-order valence-electron chi connectivity index (χ0n) is 9.07. The van der Waals surface area contributed by atoms with Crippen LogP contribution >= 0.6 is 23.4 Å². The van der Waals surface area contributed by atoms with Crippen molar-refractivity contribution >= 4 is 23.4 Å². The zero-order chi connectivity index (χ0) is 11.1. The normalized spacial score (nSPS) is 12.5. The van der Waals surface area contributed by atoms with Crippen molar-refractivity contribution in [3.63, 3.8) is 0 Å². The Morgan fingerprint density at radius 1 is 1.60 bits per heavy atom. The van der Waals surface area contributed by atoms with E-state index in [-0.39, 0.29) is 0 Å². The van der Waals surface area contributed by atoms with Gasteiger partial charge in [0.2, 0.25) is 5.88 Å². The lowest BCUT2D eigenvalue weighted by Crippen LogP contribution is -1.99. The van der Waals surface area contributed by atoms with Crippen molar-refractivity contribution in [2.45, 2.75) is 24.3 Å². The molecule has 15 heavy (non-hydrogen) atoms. The minimum atomic E-state index is 0.576. The third kappa shape index (κ3) is 4.31. The van der Waals surface area contributed by atoms with Gasteiger partial charge >= 0.3 is 0 Å². The molecule has 1 unspecified atom stereocenters. The molecule has 1 aromatic heterocycles. The van der Waals surface area contributed by atoms with Crippen molar-refractivity contribution < 1.29 is 4.74 Å². The molecule has 1 heterocycles. The molecule has 0 radical (unpaired) electrons. The maximum Gasteiger partial charge on any atom is 0.217 e. The Bertz CT molecular complexity index is 296. The molecule has 0 amide bonds. The molecule has 1 rings (SSSR count). The molecule has 4 heteroatoms. The molecule has 2 nitrogen and oxygen atoms in total. The molecule has 1 aromatic rings. The van der Waals surface area contributed by atoms with Crippen LogP contribution in [0.4, 0.5) is 0 Å². The molecular weight excluding hydrogens is 230 g/mol. The summed E-state index contributed by atoms with van der Waals surface area (Å²) in [5.74, 6) is 2.37. The van der Waals surface area contributed by atoms with Crippen LogP contribution in [0.2, 0.25) is 0 Å². The Morgan fingerprint density at radius 2 is 2.40 bits per heavy atom. The number of pyridine rings is 1. The summed E-state index contributed by atoms with van der Waals surface area (Å²) in [6, 6.07) is 3.98. The highest BCUT2D eigenvalue weighted by molar-refractivity contribution is 7.99. The van der Waals surface area contributed by atoms with Crippen LogP contribution < -0.4 is 4.74 Å². The van der Waals surface area contributed by atoms with Crippen molar-refractivity contribution in [3.8, 4) is 5.88 Å². The van der Waals surface area contributed by atoms with Gasteiger partial charge in [-0.2, -0.15) is 11.8 Å². The summed E-state index contributed by atoms with van der Waals surface area (Å²) < 4.78 is 5.19. The number of halogens is 1. The third-order valence-corrected chi connectivity index (χ3v) is 3.58. The fraction of sp³-hybridized carbons (Fsp3) is 0.545. The Labute approximate surface area is 100 Å². The second-order valence-electron chi connectivity index (χ2n) is 3.27. The van der Waals surface area contributed by atoms with Gasteiger partial charge < -0.3 is 4.74 Å². The molecule has 1 atom stereocenters. The lowest BCUT2D eigenvalue weighted by atomic mass is 10.3. The van der Waals surface area contributed by atoms with Crippen LogP contribution in [0.3, 0.4) is 0 Å². The van der Waals surface area contributed by atoms with Crippen LogP contribution in [-0.4, -0.2) is 23.2 Å². The molecule has 0 aromatic carbocycles. The molecule has 0 fully saturated rings. The van der Waals surface area contributed by atoms with Gasteiger partial charge in [0.1, 0.15) is 0 Å². The van der Waals surface area contributed by atoms with Gasteiger partial charge in [-0.25, -0.2) is 4.98 Å². The standard InChI is InChI=1S/C11H16ClNOS/c1-9(5-6-12)15-8-10-4-3-7-13-11(10)14-2/h3-4,7,9H,5-6,8H2,1-2H3. The summed E-state index contributed by atoms with van der Waals surface area (Å²) in [7, 11) is 1.65. The summed E-state index contributed by atoms with van der Waals surface area (Å²) in [4.78, 5) is 4.16. The topological polar surface area (TPSA) is 22.1 Å². The first-order valence-corrected chi connectivity index (χ1v) is 6.51. The number of methoxy groups -OCH3 is 1. The van der Waals surface area contributed by atoms with E-state index >= 15 is 0 Å². The smallest absolute Gasteiger partial charge is 0.217 e. The Balaban J connectivity index is 2.49. The molecule has 0 aliphatic heterocycles. The van der Waals surface area contributed by atoms with Gasteiger partial charge in [0.25, 0.3) is 0 Å². The highest BCUT2D eigenvalue weighted by Gasteiger charge is 2.06. The van der Waals surface area contributed by atoms with Crippen LogP contribution in [0.1, 0.15) is 18.9 Å². The molecule has 0 aliphatic rings. The summed E-state index contributed by atoms with van der Waals surface area (Å²) in [6.07, 6.45) is 2.78. The number of alkyl halides is 1. The van der Waals surface area contributed by atoms with Crippen LogP contribution in [0.15, 0.2) is 18.3 Å². The SMILES string of the molecule is COc1ncccc1CSC(C)CCCl. The Kier molecular flexibility index (Phi) is 5.88. The van der Waals surface area contributed by atoms with Crippen molar-refractivity contribution in [1.29, 1.82) is 0 Å². The minimum absolute atomic E-state index is 0.576. The molecular formula is C11H16ClNOS. The fourth-order valence-corrected chi connectivity index (χ4v) is 2.61. The monoisotopic (exact) mass is 245 g/mol. The van der Waals surface area contributed by atoms with Crippen molar-refractivity contribution in [1.82, 2.24) is 4.98 Å². The lowest BCUT2D eigenvalue weighted by Gasteiger charge is -2.10. The molecule has 0 bridgehead atoms. The third-order valence-electron chi connectivity index (χ3n) is 2.08. The molecule has 0 spiro atoms. The van der Waals surface area contributed by atoms with Gasteiger partial charge in [-0.15, -0.1) is 11.6 Å². The maximum absolute atomic E-state index is 5.69. The predicted molar refractivity (Wildman–Crippen MR) is 66.9 cm³/mol. The maximum atomic E-state index is 5.69. The van der Waals surface area contributed by atoms with E-state index in [1.807, 2.05) is 23.9 Å². The van der Waals surface area contributed by atoms with Crippen LogP contribution in [0.5, 0.6) is 5.88 Å². The van der Waals surface area contributed by atoms with E-state index in [0.717, 1.165) is 29.5 Å². The average molecular weight is 246 g/mol. The second kappa shape index (κ2) is 6.96. The molecule has 84 valence electrons. The summed E-state index contributed by atoms with van der Waals surface area (Å²) in [6.45, 7) is 2.19. The average Bonchev–Trinajstić information content (AvgIpc) is 2.27. The minimum Gasteiger partial charge on any atom is -0.481 e. The number of rotatable bonds is 6. The molecule has 0 N–H and O–H groups in total. The number of hydrogen-bond donors (Lipinski definition) is 0. The molecule has 0 saturated carbocycles. The van der Waals surface area contributed by atoms with Gasteiger partial charge in [-0.05, 0) is 12.5 Å². The quantitative estimate of drug-likeness (QED) is 0.718. The summed E-state index contributed by atoms with van der Waals surface area (Å²) in [5, 5.41) is 0.576. The number of nitrogens with zero attached hydrogens (tertiary/aromatic N) is 1. The zero-order valence-corrected chi connectivity index (χ0v) is 10.6. The van der Waals surface area contributed by atoms with Crippen LogP contribution in [0.25, 0.3) is 0 Å². The van der Waals surface area contributed by atoms with Gasteiger partial charge in [0.15, 0.2) is 0 Å². The van der Waals surface area contributed by atoms with Crippen molar-refractivity contribution in [2.75, 3.05) is 13.0 Å². The predicted octanol–water partition coefficient (Wildman–Crippen LogP) is 3.34. The number of hydrogen-bond acceptors (Lipinski definition) is 3. The van der Waals surface area contributed by atoms with E-state index < -0.39 is 0 Å². The summed E-state index contributed by atoms with van der Waals surface area (Å²) in [5.41, 5.74) is 1.14. The molecule has 0 saturated heterocycles. The highest BCUT2D eigenvalue weighted by atomic mass is 35.5. The van der Waals surface area contributed by atoms with Crippen LogP contribution in [0, 0.1) is 0 Å². The van der Waals surface area contributed by atoms with Gasteiger partial charge in [0, 0.05) is 28.6 Å². The number of thioether (sulfide) groups is 1. The largest absolute Gasteiger partial charge is 0.481 e. The van der Waals surface area contributed by atoms with Crippen molar-refractivity contribution in [2.24, 2.45) is 0 Å². The first-order valence-electron chi connectivity index (χ1n) is 4.93. The fourth-order valence-electron chi connectivity index (χ4n) is 1.19. The van der Waals surface area contributed by atoms with Crippen LogP contribution in [-0.2, 0) is 5.75 Å². The first-order chi connectivity index (χ1) is 7.27. The first kappa shape index (κ1) is 12.7. The lowest BCUT2D eigenvalue weighted by molar-refractivity contribution is 0.394. The van der Waals surface area contributed by atoms with Gasteiger partial charge in [-0.1, -0.05) is 13.0 Å². The van der Waals surface area contributed by atoms with E-state index in [9.17, 15) is 0 Å². The van der Waals surface area contributed by atoms with Gasteiger partial charge in [-0.3, -0.25) is 0 Å². The van der Waals surface area contributed by atoms with E-state index in [0.29, 0.717) is 5.25 Å². The van der Waals surface area contributed by atoms with E-state index in [1.165, 1.54) is 0 Å². The number of ether oxygens (including phenoxy) is 1. The second-order valence-corrected chi connectivity index (χ2v) is 5.08. The van der Waals surface area contributed by atoms with E-state index in [4.69, 9.17) is 16.3 Å². The number of aromatic nitrogens is 1. The molecule has 0 aliphatic carbocycles. The van der Waals surface area contributed by atoms with E-state index in [1.54, 1.807) is 13.3 Å². The summed E-state index contributed by atoms with van der Waals surface area (Å²) >= 11 is 7.57.